The van der Waals surface area contributed by atoms with Gasteiger partial charge in [0.25, 0.3) is 0 Å². The summed E-state index contributed by atoms with van der Waals surface area (Å²) in [5, 5.41) is 4.73. The van der Waals surface area contributed by atoms with Gasteiger partial charge in [-0.2, -0.15) is 0 Å². The number of hydrogen-bond acceptors (Lipinski definition) is 2. The van der Waals surface area contributed by atoms with Crippen LogP contribution in [0.25, 0.3) is 0 Å². The predicted molar refractivity (Wildman–Crippen MR) is 86.0 cm³/mol. The molecule has 1 atom stereocenters. The summed E-state index contributed by atoms with van der Waals surface area (Å²) in [6.07, 6.45) is 7.89. The van der Waals surface area contributed by atoms with Crippen LogP contribution in [0.4, 0.5) is 0 Å². The molecule has 1 aliphatic rings. The standard InChI is InChI=1S/C16H23Cl2NO/c1-19-15(8-11-6-4-3-5-7-11)12-9-14(18)16(20-2)10-13(12)17/h9-11,15,19H,3-8H2,1-2H3. The number of benzene rings is 1. The average Bonchev–Trinajstić information content (AvgIpc) is 2.48. The fraction of sp³-hybridized carbons (Fsp3) is 0.625. The lowest BCUT2D eigenvalue weighted by Crippen LogP contribution is -2.21. The van der Waals surface area contributed by atoms with E-state index in [1.165, 1.54) is 32.1 Å². The maximum Gasteiger partial charge on any atom is 0.138 e. The smallest absolute Gasteiger partial charge is 0.138 e. The molecule has 4 heteroatoms. The van der Waals surface area contributed by atoms with E-state index in [-0.39, 0.29) is 6.04 Å². The van der Waals surface area contributed by atoms with Gasteiger partial charge in [0.2, 0.25) is 0 Å². The number of methoxy groups -OCH3 is 1. The van der Waals surface area contributed by atoms with E-state index in [0.29, 0.717) is 10.8 Å². The molecule has 1 fully saturated rings. The second-order valence-corrected chi connectivity index (χ2v) is 6.40. The molecule has 1 saturated carbocycles. The lowest BCUT2D eigenvalue weighted by molar-refractivity contribution is 0.305. The van der Waals surface area contributed by atoms with Crippen LogP contribution in [0.15, 0.2) is 12.1 Å². The molecule has 1 unspecified atom stereocenters. The molecule has 0 saturated heterocycles. The third-order valence-electron chi connectivity index (χ3n) is 4.29. The Labute approximate surface area is 131 Å². The van der Waals surface area contributed by atoms with E-state index < -0.39 is 0 Å². The Bertz CT molecular complexity index is 444. The van der Waals surface area contributed by atoms with Crippen LogP contribution in [0, 0.1) is 5.92 Å². The van der Waals surface area contributed by atoms with Gasteiger partial charge in [-0.3, -0.25) is 0 Å². The monoisotopic (exact) mass is 315 g/mol. The first-order valence-electron chi connectivity index (χ1n) is 7.36. The van der Waals surface area contributed by atoms with Gasteiger partial charge in [-0.1, -0.05) is 55.3 Å². The fourth-order valence-corrected chi connectivity index (χ4v) is 3.66. The number of ether oxygens (including phenoxy) is 1. The number of nitrogens with one attached hydrogen (secondary N) is 1. The molecule has 0 aromatic heterocycles. The van der Waals surface area contributed by atoms with Gasteiger partial charge < -0.3 is 10.1 Å². The Morgan fingerprint density at radius 3 is 2.50 bits per heavy atom. The van der Waals surface area contributed by atoms with Gasteiger partial charge in [-0.05, 0) is 31.0 Å². The van der Waals surface area contributed by atoms with Crippen molar-refractivity contribution in [2.45, 2.75) is 44.6 Å². The van der Waals surface area contributed by atoms with Crippen molar-refractivity contribution in [1.29, 1.82) is 0 Å². The van der Waals surface area contributed by atoms with Crippen LogP contribution in [0.5, 0.6) is 5.75 Å². The van der Waals surface area contributed by atoms with E-state index >= 15 is 0 Å². The van der Waals surface area contributed by atoms with E-state index in [0.717, 1.165) is 22.9 Å². The van der Waals surface area contributed by atoms with Crippen molar-refractivity contribution < 1.29 is 4.74 Å². The first-order chi connectivity index (χ1) is 9.65. The summed E-state index contributed by atoms with van der Waals surface area (Å²) < 4.78 is 5.21. The van der Waals surface area contributed by atoms with Crippen molar-refractivity contribution in [3.63, 3.8) is 0 Å². The summed E-state index contributed by atoms with van der Waals surface area (Å²) in [5.41, 5.74) is 1.07. The van der Waals surface area contributed by atoms with E-state index in [2.05, 4.69) is 5.32 Å². The Morgan fingerprint density at radius 2 is 1.90 bits per heavy atom. The van der Waals surface area contributed by atoms with Crippen LogP contribution >= 0.6 is 23.2 Å². The van der Waals surface area contributed by atoms with Crippen LogP contribution < -0.4 is 10.1 Å². The minimum Gasteiger partial charge on any atom is -0.495 e. The molecule has 0 bridgehead atoms. The molecule has 0 radical (unpaired) electrons. The third kappa shape index (κ3) is 3.81. The number of halogens is 2. The summed E-state index contributed by atoms with van der Waals surface area (Å²) in [7, 11) is 3.59. The molecule has 0 spiro atoms. The summed E-state index contributed by atoms with van der Waals surface area (Å²) >= 11 is 12.6. The minimum atomic E-state index is 0.258. The lowest BCUT2D eigenvalue weighted by Gasteiger charge is -2.27. The molecule has 1 aromatic carbocycles. The number of rotatable bonds is 5. The van der Waals surface area contributed by atoms with Gasteiger partial charge in [0.05, 0.1) is 12.1 Å². The van der Waals surface area contributed by atoms with Gasteiger partial charge in [-0.25, -0.2) is 0 Å². The maximum atomic E-state index is 6.39. The van der Waals surface area contributed by atoms with Gasteiger partial charge in [0.15, 0.2) is 0 Å². The summed E-state index contributed by atoms with van der Waals surface area (Å²) in [6.45, 7) is 0. The highest BCUT2D eigenvalue weighted by Crippen LogP contribution is 2.38. The molecule has 0 amide bonds. The molecular formula is C16H23Cl2NO. The number of hydrogen-bond donors (Lipinski definition) is 1. The van der Waals surface area contributed by atoms with E-state index in [9.17, 15) is 0 Å². The summed E-state index contributed by atoms with van der Waals surface area (Å²) in [6, 6.07) is 4.01. The quantitative estimate of drug-likeness (QED) is 0.803. The van der Waals surface area contributed by atoms with Crippen LogP contribution in [0.2, 0.25) is 10.0 Å². The molecule has 1 aromatic rings. The van der Waals surface area contributed by atoms with Crippen molar-refractivity contribution in [3.05, 3.63) is 27.7 Å². The summed E-state index contributed by atoms with van der Waals surface area (Å²) in [4.78, 5) is 0. The second kappa shape index (κ2) is 7.53. The first-order valence-corrected chi connectivity index (χ1v) is 8.11. The average molecular weight is 316 g/mol. The van der Waals surface area contributed by atoms with Crippen LogP contribution in [-0.4, -0.2) is 14.2 Å². The van der Waals surface area contributed by atoms with Crippen LogP contribution in [0.1, 0.15) is 50.1 Å². The maximum absolute atomic E-state index is 6.39. The largest absolute Gasteiger partial charge is 0.495 e. The normalized spacial score (nSPS) is 18.0. The van der Waals surface area contributed by atoms with Crippen molar-refractivity contribution in [2.75, 3.05) is 14.2 Å². The Balaban J connectivity index is 2.16. The molecule has 2 rings (SSSR count). The van der Waals surface area contributed by atoms with Crippen molar-refractivity contribution in [3.8, 4) is 5.75 Å². The minimum absolute atomic E-state index is 0.258. The summed E-state index contributed by atoms with van der Waals surface area (Å²) in [5.74, 6) is 1.42. The molecule has 20 heavy (non-hydrogen) atoms. The van der Waals surface area contributed by atoms with Gasteiger partial charge in [0, 0.05) is 17.1 Å². The Hall–Kier alpha value is -0.440. The van der Waals surface area contributed by atoms with Gasteiger partial charge in [-0.15, -0.1) is 0 Å². The zero-order chi connectivity index (χ0) is 14.5. The Morgan fingerprint density at radius 1 is 1.20 bits per heavy atom. The van der Waals surface area contributed by atoms with Gasteiger partial charge in [0.1, 0.15) is 5.75 Å². The highest BCUT2D eigenvalue weighted by Gasteiger charge is 2.22. The molecule has 112 valence electrons. The highest BCUT2D eigenvalue weighted by molar-refractivity contribution is 6.34. The van der Waals surface area contributed by atoms with Crippen molar-refractivity contribution >= 4 is 23.2 Å². The zero-order valence-electron chi connectivity index (χ0n) is 12.2. The molecular weight excluding hydrogens is 293 g/mol. The van der Waals surface area contributed by atoms with Crippen molar-refractivity contribution in [2.24, 2.45) is 5.92 Å². The van der Waals surface area contributed by atoms with Crippen LogP contribution in [0.3, 0.4) is 0 Å². The molecule has 1 aliphatic carbocycles. The van der Waals surface area contributed by atoms with E-state index in [1.54, 1.807) is 7.11 Å². The third-order valence-corrected chi connectivity index (χ3v) is 4.91. The highest BCUT2D eigenvalue weighted by atomic mass is 35.5. The van der Waals surface area contributed by atoms with E-state index in [4.69, 9.17) is 27.9 Å². The topological polar surface area (TPSA) is 21.3 Å². The molecule has 0 heterocycles. The second-order valence-electron chi connectivity index (χ2n) is 5.59. The fourth-order valence-electron chi connectivity index (χ4n) is 3.12. The van der Waals surface area contributed by atoms with Gasteiger partial charge >= 0.3 is 0 Å². The molecule has 0 aliphatic heterocycles. The van der Waals surface area contributed by atoms with Crippen molar-refractivity contribution in [1.82, 2.24) is 5.32 Å². The lowest BCUT2D eigenvalue weighted by atomic mass is 9.83. The SMILES string of the molecule is CNC(CC1CCCCC1)c1cc(Cl)c(OC)cc1Cl. The molecule has 2 nitrogen and oxygen atoms in total. The molecule has 1 N–H and O–H groups in total. The van der Waals surface area contributed by atoms with E-state index in [1.807, 2.05) is 19.2 Å². The van der Waals surface area contributed by atoms with Crippen LogP contribution in [-0.2, 0) is 0 Å². The predicted octanol–water partition coefficient (Wildman–Crippen LogP) is 5.23. The Kier molecular flexibility index (Phi) is 6.01. The first kappa shape index (κ1) is 15.9. The zero-order valence-corrected chi connectivity index (χ0v) is 13.7.